The van der Waals surface area contributed by atoms with Crippen LogP contribution in [0.5, 0.6) is 5.75 Å². The van der Waals surface area contributed by atoms with Gasteiger partial charge < -0.3 is 10.1 Å². The first-order valence-corrected chi connectivity index (χ1v) is 6.63. The van der Waals surface area contributed by atoms with E-state index in [1.54, 1.807) is 6.20 Å². The minimum Gasteiger partial charge on any atom is -0.489 e. The Labute approximate surface area is 118 Å². The van der Waals surface area contributed by atoms with Gasteiger partial charge in [0.25, 0.3) is 0 Å². The second-order valence-corrected chi connectivity index (χ2v) is 4.81. The maximum absolute atomic E-state index is 5.83. The lowest BCUT2D eigenvalue weighted by atomic mass is 10.3. The van der Waals surface area contributed by atoms with Gasteiger partial charge in [0.1, 0.15) is 11.9 Å². The number of pyridine rings is 1. The van der Waals surface area contributed by atoms with Crippen LogP contribution in [0.1, 0.15) is 12.5 Å². The summed E-state index contributed by atoms with van der Waals surface area (Å²) in [7, 11) is 0. The van der Waals surface area contributed by atoms with Crippen LogP contribution < -0.4 is 10.1 Å². The molecule has 2 rings (SSSR count). The summed E-state index contributed by atoms with van der Waals surface area (Å²) in [6.07, 6.45) is 3.73. The van der Waals surface area contributed by atoms with E-state index < -0.39 is 0 Å². The van der Waals surface area contributed by atoms with Crippen molar-refractivity contribution in [3.05, 3.63) is 59.4 Å². The summed E-state index contributed by atoms with van der Waals surface area (Å²) < 4.78 is 5.77. The monoisotopic (exact) mass is 276 g/mol. The van der Waals surface area contributed by atoms with Gasteiger partial charge in [-0.05, 0) is 42.8 Å². The van der Waals surface area contributed by atoms with E-state index in [1.165, 1.54) is 5.56 Å². The molecule has 1 heterocycles. The summed E-state index contributed by atoms with van der Waals surface area (Å²) in [6, 6.07) is 11.4. The number of hydrogen-bond donors (Lipinski definition) is 1. The van der Waals surface area contributed by atoms with Gasteiger partial charge in [-0.2, -0.15) is 0 Å². The van der Waals surface area contributed by atoms with Crippen LogP contribution in [0.4, 0.5) is 0 Å². The lowest BCUT2D eigenvalue weighted by Crippen LogP contribution is -2.28. The van der Waals surface area contributed by atoms with Crippen LogP contribution in [0.2, 0.25) is 5.02 Å². The van der Waals surface area contributed by atoms with Gasteiger partial charge in [0.15, 0.2) is 0 Å². The molecule has 1 N–H and O–H groups in total. The van der Waals surface area contributed by atoms with E-state index in [4.69, 9.17) is 16.3 Å². The van der Waals surface area contributed by atoms with Crippen LogP contribution in [-0.2, 0) is 6.54 Å². The highest BCUT2D eigenvalue weighted by atomic mass is 35.5. The number of ether oxygens (including phenoxy) is 1. The first-order chi connectivity index (χ1) is 9.24. The standard InChI is InChI=1S/C15H17ClN2O/c1-12(19-15-6-4-14(16)5-7-15)9-18-11-13-3-2-8-17-10-13/h2-8,10,12,18H,9,11H2,1H3. The number of rotatable bonds is 6. The quantitative estimate of drug-likeness (QED) is 0.879. The molecule has 0 aliphatic rings. The van der Waals surface area contributed by atoms with Crippen molar-refractivity contribution >= 4 is 11.6 Å². The van der Waals surface area contributed by atoms with Gasteiger partial charge in [-0.1, -0.05) is 17.7 Å². The average molecular weight is 277 g/mol. The molecule has 100 valence electrons. The normalized spacial score (nSPS) is 12.1. The van der Waals surface area contributed by atoms with Crippen molar-refractivity contribution < 1.29 is 4.74 Å². The Morgan fingerprint density at radius 1 is 1.26 bits per heavy atom. The Bertz CT molecular complexity index is 487. The molecule has 0 spiro atoms. The topological polar surface area (TPSA) is 34.2 Å². The Balaban J connectivity index is 1.73. The third kappa shape index (κ3) is 4.89. The van der Waals surface area contributed by atoms with Crippen LogP contribution in [0.3, 0.4) is 0 Å². The fourth-order valence-electron chi connectivity index (χ4n) is 1.71. The molecular formula is C15H17ClN2O. The number of benzene rings is 1. The first-order valence-electron chi connectivity index (χ1n) is 6.26. The van der Waals surface area contributed by atoms with Crippen molar-refractivity contribution in [3.8, 4) is 5.75 Å². The fraction of sp³-hybridized carbons (Fsp3) is 0.267. The highest BCUT2D eigenvalue weighted by Crippen LogP contribution is 2.16. The predicted octanol–water partition coefficient (Wildman–Crippen LogP) is 3.29. The third-order valence-electron chi connectivity index (χ3n) is 2.63. The maximum atomic E-state index is 5.83. The van der Waals surface area contributed by atoms with E-state index >= 15 is 0 Å². The van der Waals surface area contributed by atoms with E-state index in [1.807, 2.05) is 49.5 Å². The zero-order valence-corrected chi connectivity index (χ0v) is 11.6. The summed E-state index contributed by atoms with van der Waals surface area (Å²) in [4.78, 5) is 4.07. The molecule has 2 aromatic rings. The zero-order valence-electron chi connectivity index (χ0n) is 10.8. The van der Waals surface area contributed by atoms with E-state index in [2.05, 4.69) is 10.3 Å². The van der Waals surface area contributed by atoms with Crippen molar-refractivity contribution in [1.82, 2.24) is 10.3 Å². The summed E-state index contributed by atoms with van der Waals surface area (Å²) in [5.41, 5.74) is 1.17. The molecule has 1 unspecified atom stereocenters. The van der Waals surface area contributed by atoms with Gasteiger partial charge in [0.05, 0.1) is 0 Å². The first kappa shape index (κ1) is 13.8. The Kier molecular flexibility index (Phi) is 5.19. The van der Waals surface area contributed by atoms with Crippen LogP contribution in [0.25, 0.3) is 0 Å². The van der Waals surface area contributed by atoms with E-state index in [0.29, 0.717) is 0 Å². The number of hydrogen-bond acceptors (Lipinski definition) is 3. The SMILES string of the molecule is CC(CNCc1cccnc1)Oc1ccc(Cl)cc1. The van der Waals surface area contributed by atoms with Gasteiger partial charge in [-0.15, -0.1) is 0 Å². The third-order valence-corrected chi connectivity index (χ3v) is 2.89. The molecule has 0 saturated carbocycles. The Morgan fingerprint density at radius 2 is 2.05 bits per heavy atom. The van der Waals surface area contributed by atoms with E-state index in [-0.39, 0.29) is 6.10 Å². The lowest BCUT2D eigenvalue weighted by Gasteiger charge is -2.15. The van der Waals surface area contributed by atoms with Crippen LogP contribution in [0.15, 0.2) is 48.8 Å². The maximum Gasteiger partial charge on any atom is 0.119 e. The van der Waals surface area contributed by atoms with E-state index in [0.717, 1.165) is 23.9 Å². The zero-order chi connectivity index (χ0) is 13.5. The number of aromatic nitrogens is 1. The molecule has 0 aliphatic heterocycles. The van der Waals surface area contributed by atoms with Crippen molar-refractivity contribution in [2.75, 3.05) is 6.54 Å². The van der Waals surface area contributed by atoms with Gasteiger partial charge in [0.2, 0.25) is 0 Å². The minimum atomic E-state index is 0.0952. The van der Waals surface area contributed by atoms with Crippen LogP contribution in [0, 0.1) is 0 Å². The Morgan fingerprint density at radius 3 is 2.74 bits per heavy atom. The average Bonchev–Trinajstić information content (AvgIpc) is 2.43. The second kappa shape index (κ2) is 7.12. The van der Waals surface area contributed by atoms with Crippen LogP contribution in [-0.4, -0.2) is 17.6 Å². The fourth-order valence-corrected chi connectivity index (χ4v) is 1.84. The van der Waals surface area contributed by atoms with Crippen molar-refractivity contribution in [3.63, 3.8) is 0 Å². The van der Waals surface area contributed by atoms with E-state index in [9.17, 15) is 0 Å². The van der Waals surface area contributed by atoms with Gasteiger partial charge in [0, 0.05) is 30.5 Å². The molecule has 1 atom stereocenters. The molecule has 19 heavy (non-hydrogen) atoms. The Hall–Kier alpha value is -1.58. The molecule has 0 aliphatic carbocycles. The minimum absolute atomic E-state index is 0.0952. The molecule has 0 fully saturated rings. The number of halogens is 1. The van der Waals surface area contributed by atoms with Gasteiger partial charge >= 0.3 is 0 Å². The molecule has 0 saturated heterocycles. The molecule has 1 aromatic heterocycles. The second-order valence-electron chi connectivity index (χ2n) is 4.37. The number of nitrogens with one attached hydrogen (secondary N) is 1. The van der Waals surface area contributed by atoms with Gasteiger partial charge in [-0.25, -0.2) is 0 Å². The molecular weight excluding hydrogens is 260 g/mol. The highest BCUT2D eigenvalue weighted by molar-refractivity contribution is 6.30. The summed E-state index contributed by atoms with van der Waals surface area (Å²) in [5.74, 6) is 0.833. The number of nitrogens with zero attached hydrogens (tertiary/aromatic N) is 1. The van der Waals surface area contributed by atoms with Crippen molar-refractivity contribution in [2.24, 2.45) is 0 Å². The predicted molar refractivity (Wildman–Crippen MR) is 77.5 cm³/mol. The smallest absolute Gasteiger partial charge is 0.119 e. The molecule has 1 aromatic carbocycles. The summed E-state index contributed by atoms with van der Waals surface area (Å²) >= 11 is 5.83. The molecule has 0 bridgehead atoms. The van der Waals surface area contributed by atoms with Crippen LogP contribution >= 0.6 is 11.6 Å². The summed E-state index contributed by atoms with van der Waals surface area (Å²) in [5, 5.41) is 4.06. The van der Waals surface area contributed by atoms with Crippen molar-refractivity contribution in [2.45, 2.75) is 19.6 Å². The molecule has 4 heteroatoms. The largest absolute Gasteiger partial charge is 0.489 e. The van der Waals surface area contributed by atoms with Crippen molar-refractivity contribution in [1.29, 1.82) is 0 Å². The molecule has 3 nitrogen and oxygen atoms in total. The lowest BCUT2D eigenvalue weighted by molar-refractivity contribution is 0.217. The molecule has 0 amide bonds. The van der Waals surface area contributed by atoms with Gasteiger partial charge in [-0.3, -0.25) is 4.98 Å². The summed E-state index contributed by atoms with van der Waals surface area (Å²) in [6.45, 7) is 3.60. The molecule has 0 radical (unpaired) electrons. The highest BCUT2D eigenvalue weighted by Gasteiger charge is 2.03.